The van der Waals surface area contributed by atoms with Crippen LogP contribution >= 0.6 is 0 Å². The van der Waals surface area contributed by atoms with Crippen LogP contribution in [0.2, 0.25) is 0 Å². The van der Waals surface area contributed by atoms with E-state index in [1.807, 2.05) is 14.0 Å². The van der Waals surface area contributed by atoms with Crippen molar-refractivity contribution in [3.63, 3.8) is 0 Å². The second-order valence-corrected chi connectivity index (χ2v) is 16.5. The summed E-state index contributed by atoms with van der Waals surface area (Å²) >= 11 is 0. The van der Waals surface area contributed by atoms with Crippen molar-refractivity contribution < 1.29 is 27.9 Å². The predicted molar refractivity (Wildman–Crippen MR) is 214 cm³/mol. The number of nitrogens with zero attached hydrogens (tertiary/aromatic N) is 7. The SMILES string of the molecule is Cc1cc2cc(n1)-c1cnn(C)c1OCCC[C@@H](C)CN1/C(=N/C2=O)Nc2ccc(CN3C4CC3CN(CCc3cc(F)c([C@H]5CCC(=O)NC5=O)c(F)c3)C4)cc21. The molecule has 2 N–H and O–H groups in total. The Labute approximate surface area is 335 Å². The molecule has 0 spiro atoms. The Morgan fingerprint density at radius 2 is 1.74 bits per heavy atom. The van der Waals surface area contributed by atoms with E-state index < -0.39 is 29.4 Å². The minimum atomic E-state index is -1.00. The average molecular weight is 792 g/mol. The van der Waals surface area contributed by atoms with Gasteiger partial charge in [0.2, 0.25) is 23.7 Å². The first-order valence-corrected chi connectivity index (χ1v) is 20.2. The molecule has 4 atom stereocenters. The maximum atomic E-state index is 15.1. The number of aryl methyl sites for hydroxylation is 2. The molecule has 58 heavy (non-hydrogen) atoms. The Morgan fingerprint density at radius 1 is 0.948 bits per heavy atom. The number of hydrogen-bond acceptors (Lipinski definition) is 10. The number of halogens is 2. The molecule has 4 fully saturated rings. The smallest absolute Gasteiger partial charge is 0.280 e. The van der Waals surface area contributed by atoms with Gasteiger partial charge in [-0.1, -0.05) is 13.0 Å². The van der Waals surface area contributed by atoms with E-state index in [1.54, 1.807) is 23.0 Å². The number of aromatic nitrogens is 3. The number of guanidine groups is 1. The number of rotatable bonds is 6. The van der Waals surface area contributed by atoms with Crippen molar-refractivity contribution in [1.82, 2.24) is 29.9 Å². The number of hydrogen-bond donors (Lipinski definition) is 2. The molecular weight excluding hydrogens is 745 g/mol. The van der Waals surface area contributed by atoms with Gasteiger partial charge in [-0.3, -0.25) is 34.5 Å². The highest BCUT2D eigenvalue weighted by Gasteiger charge is 2.44. The van der Waals surface area contributed by atoms with Crippen molar-refractivity contribution >= 4 is 35.1 Å². The van der Waals surface area contributed by atoms with Crippen molar-refractivity contribution in [2.45, 2.75) is 76.9 Å². The highest BCUT2D eigenvalue weighted by molar-refractivity contribution is 6.19. The first kappa shape index (κ1) is 38.0. The van der Waals surface area contributed by atoms with E-state index in [-0.39, 0.29) is 30.2 Å². The molecule has 8 heterocycles. The average Bonchev–Trinajstić information content (AvgIpc) is 3.72. The second kappa shape index (κ2) is 15.3. The van der Waals surface area contributed by atoms with Crippen LogP contribution in [0.25, 0.3) is 11.3 Å². The highest BCUT2D eigenvalue weighted by atomic mass is 19.1. The Morgan fingerprint density at radius 3 is 2.52 bits per heavy atom. The number of benzene rings is 2. The molecule has 15 heteroatoms. The van der Waals surface area contributed by atoms with Gasteiger partial charge in [0.1, 0.15) is 11.6 Å². The summed E-state index contributed by atoms with van der Waals surface area (Å²) in [5.74, 6) is -2.51. The van der Waals surface area contributed by atoms with Gasteiger partial charge in [-0.2, -0.15) is 10.1 Å². The van der Waals surface area contributed by atoms with Gasteiger partial charge in [0.05, 0.1) is 41.4 Å². The number of fused-ring (bicyclic) bond motifs is 9. The number of ether oxygens (including phenoxy) is 1. The fourth-order valence-corrected chi connectivity index (χ4v) is 9.24. The topological polar surface area (TPSA) is 137 Å². The van der Waals surface area contributed by atoms with Crippen LogP contribution in [-0.4, -0.2) is 93.1 Å². The summed E-state index contributed by atoms with van der Waals surface area (Å²) in [5, 5.41) is 10.0. The molecule has 2 aromatic carbocycles. The number of piperazine rings is 1. The fraction of sp³-hybridized carbons (Fsp3) is 0.442. The number of amides is 3. The molecule has 6 aliphatic heterocycles. The van der Waals surface area contributed by atoms with Crippen LogP contribution in [0.3, 0.4) is 0 Å². The van der Waals surface area contributed by atoms with Crippen molar-refractivity contribution in [3.05, 3.63) is 88.2 Å². The summed E-state index contributed by atoms with van der Waals surface area (Å²) in [7, 11) is 1.84. The van der Waals surface area contributed by atoms with Gasteiger partial charge in [0.25, 0.3) is 5.91 Å². The third-order valence-corrected chi connectivity index (χ3v) is 12.2. The summed E-state index contributed by atoms with van der Waals surface area (Å²) in [6.45, 7) is 8.47. The number of imide groups is 1. The number of piperidine rings is 2. The Bertz CT molecular complexity index is 2310. The van der Waals surface area contributed by atoms with Gasteiger partial charge in [-0.25, -0.2) is 13.5 Å². The minimum Gasteiger partial charge on any atom is -0.477 e. The lowest BCUT2D eigenvalue weighted by molar-refractivity contribution is -0.134. The summed E-state index contributed by atoms with van der Waals surface area (Å²) in [6.07, 6.45) is 5.23. The van der Waals surface area contributed by atoms with E-state index in [0.29, 0.717) is 72.6 Å². The zero-order valence-corrected chi connectivity index (χ0v) is 32.9. The molecule has 3 amide bonds. The second-order valence-electron chi connectivity index (χ2n) is 16.5. The van der Waals surface area contributed by atoms with Gasteiger partial charge in [0, 0.05) is 75.1 Å². The number of nitrogens with one attached hydrogen (secondary N) is 2. The molecule has 302 valence electrons. The monoisotopic (exact) mass is 791 g/mol. The maximum Gasteiger partial charge on any atom is 0.280 e. The van der Waals surface area contributed by atoms with E-state index in [0.717, 1.165) is 55.8 Å². The van der Waals surface area contributed by atoms with Crippen molar-refractivity contribution in [2.24, 2.45) is 18.0 Å². The lowest BCUT2D eigenvalue weighted by atomic mass is 9.86. The fourth-order valence-electron chi connectivity index (χ4n) is 9.24. The first-order valence-electron chi connectivity index (χ1n) is 20.2. The van der Waals surface area contributed by atoms with Gasteiger partial charge >= 0.3 is 0 Å². The van der Waals surface area contributed by atoms with E-state index in [1.165, 1.54) is 17.7 Å². The largest absolute Gasteiger partial charge is 0.477 e. The van der Waals surface area contributed by atoms with E-state index in [2.05, 4.69) is 60.5 Å². The van der Waals surface area contributed by atoms with E-state index in [4.69, 9.17) is 9.72 Å². The first-order chi connectivity index (χ1) is 28.0. The molecule has 0 aliphatic carbocycles. The van der Waals surface area contributed by atoms with Crippen molar-refractivity contribution in [2.75, 3.05) is 43.0 Å². The Kier molecular flexibility index (Phi) is 10.0. The maximum absolute atomic E-state index is 15.1. The van der Waals surface area contributed by atoms with Crippen LogP contribution in [0.4, 0.5) is 20.2 Å². The van der Waals surface area contributed by atoms with Gasteiger partial charge < -0.3 is 15.0 Å². The molecule has 10 rings (SSSR count). The molecule has 4 aromatic rings. The molecule has 0 saturated carbocycles. The minimum absolute atomic E-state index is 0.0598. The highest BCUT2D eigenvalue weighted by Crippen LogP contribution is 2.39. The zero-order chi connectivity index (χ0) is 40.2. The lowest BCUT2D eigenvalue weighted by Gasteiger charge is -2.56. The van der Waals surface area contributed by atoms with Gasteiger partial charge in [-0.15, -0.1) is 0 Å². The number of carbonyl (C=O) groups is 3. The molecule has 4 bridgehead atoms. The summed E-state index contributed by atoms with van der Waals surface area (Å²) in [6, 6.07) is 13.3. The summed E-state index contributed by atoms with van der Waals surface area (Å²) in [4.78, 5) is 54.0. The molecule has 2 aromatic heterocycles. The molecule has 0 radical (unpaired) electrons. The lowest BCUT2D eigenvalue weighted by Crippen LogP contribution is -2.68. The molecule has 13 nitrogen and oxygen atoms in total. The molecule has 4 saturated heterocycles. The quantitative estimate of drug-likeness (QED) is 0.247. The van der Waals surface area contributed by atoms with Gasteiger partial charge in [0.15, 0.2) is 0 Å². The molecule has 2 unspecified atom stereocenters. The van der Waals surface area contributed by atoms with Crippen LogP contribution in [0.1, 0.15) is 77.7 Å². The normalized spacial score (nSPS) is 24.5. The Hall–Kier alpha value is -5.54. The van der Waals surface area contributed by atoms with Gasteiger partial charge in [-0.05, 0) is 92.5 Å². The summed E-state index contributed by atoms with van der Waals surface area (Å²) in [5.41, 5.74) is 5.85. The third kappa shape index (κ3) is 7.37. The third-order valence-electron chi connectivity index (χ3n) is 12.2. The van der Waals surface area contributed by atoms with Crippen LogP contribution < -0.4 is 20.3 Å². The van der Waals surface area contributed by atoms with Crippen LogP contribution in [-0.2, 0) is 29.6 Å². The predicted octanol–water partition coefficient (Wildman–Crippen LogP) is 5.33. The number of carbonyl (C=O) groups excluding carboxylic acids is 3. The standard InChI is InChI=1S/C43H47F2N9O4/c1-24-5-4-12-58-42-32(19-46-51(42)3)36-17-28(13-25(2)47-36)40(56)50-43-48-35-8-6-27(16-37(35)54(43)20-24)21-53-29-18-30(53)23-52(22-29)11-10-26-14-33(44)39(34(45)15-26)31-7-9-38(55)49-41(31)57/h6,8,13-17,19,24,29-31H,4-5,7,9-12,18,20-23H2,1-3H3,(H,48,50,56)(H,49,55,57)/t24-,29?,30?,31-/m1/s1. The number of aliphatic imine (C=N–C) groups is 1. The number of pyridine rings is 1. The van der Waals surface area contributed by atoms with Crippen LogP contribution in [0, 0.1) is 24.5 Å². The zero-order valence-electron chi connectivity index (χ0n) is 32.9. The van der Waals surface area contributed by atoms with Crippen molar-refractivity contribution in [3.8, 4) is 17.1 Å². The van der Waals surface area contributed by atoms with Crippen molar-refractivity contribution in [1.29, 1.82) is 0 Å². The summed E-state index contributed by atoms with van der Waals surface area (Å²) < 4.78 is 38.2. The molecular formula is C43H47F2N9O4. The van der Waals surface area contributed by atoms with Crippen LogP contribution in [0.5, 0.6) is 5.88 Å². The van der Waals surface area contributed by atoms with Crippen LogP contribution in [0.15, 0.2) is 53.7 Å². The Balaban J connectivity index is 0.872. The van der Waals surface area contributed by atoms with E-state index in [9.17, 15) is 14.4 Å². The molecule has 6 aliphatic rings. The van der Waals surface area contributed by atoms with E-state index >= 15 is 8.78 Å². The number of anilines is 2.